The normalized spacial score (nSPS) is 12.8. The first-order valence-corrected chi connectivity index (χ1v) is 11.2. The van der Waals surface area contributed by atoms with Crippen molar-refractivity contribution < 1.29 is 4.79 Å². The van der Waals surface area contributed by atoms with Gasteiger partial charge in [0.2, 0.25) is 0 Å². The van der Waals surface area contributed by atoms with Crippen molar-refractivity contribution in [2.75, 3.05) is 0 Å². The number of benzene rings is 2. The molecule has 0 fully saturated rings. The Morgan fingerprint density at radius 3 is 1.47 bits per heavy atom. The first-order valence-electron chi connectivity index (χ1n) is 10.4. The van der Waals surface area contributed by atoms with Crippen molar-refractivity contribution in [3.05, 3.63) is 130 Å². The number of hydrogen-bond acceptors (Lipinski definition) is 3. The van der Waals surface area contributed by atoms with Gasteiger partial charge in [0.25, 0.3) is 0 Å². The Morgan fingerprint density at radius 1 is 0.656 bits per heavy atom. The van der Waals surface area contributed by atoms with Crippen LogP contribution in [0.5, 0.6) is 0 Å². The molecule has 0 amide bonds. The van der Waals surface area contributed by atoms with Crippen LogP contribution in [0, 0.1) is 0 Å². The molecular formula is C27H22Cl2N2O. The Morgan fingerprint density at radius 2 is 1.09 bits per heavy atom. The Labute approximate surface area is 198 Å². The van der Waals surface area contributed by atoms with E-state index in [0.29, 0.717) is 22.9 Å². The largest absolute Gasteiger partial charge is 0.298 e. The maximum Gasteiger partial charge on any atom is 0.148 e. The number of rotatable bonds is 8. The van der Waals surface area contributed by atoms with Gasteiger partial charge in [-0.2, -0.15) is 0 Å². The predicted octanol–water partition coefficient (Wildman–Crippen LogP) is 6.71. The smallest absolute Gasteiger partial charge is 0.148 e. The summed E-state index contributed by atoms with van der Waals surface area (Å²) >= 11 is 12.9. The third-order valence-electron chi connectivity index (χ3n) is 5.62. The van der Waals surface area contributed by atoms with Crippen LogP contribution >= 0.6 is 23.2 Å². The number of hydrogen-bond donors (Lipinski definition) is 0. The quantitative estimate of drug-likeness (QED) is 0.293. The lowest BCUT2D eigenvalue weighted by atomic mass is 9.79. The molecule has 0 bridgehead atoms. The second-order valence-corrected chi connectivity index (χ2v) is 8.49. The maximum atomic E-state index is 14.1. The van der Waals surface area contributed by atoms with Crippen LogP contribution in [0.2, 0.25) is 10.0 Å². The zero-order valence-electron chi connectivity index (χ0n) is 17.4. The molecule has 4 rings (SSSR count). The third-order valence-corrected chi connectivity index (χ3v) is 6.36. The van der Waals surface area contributed by atoms with Gasteiger partial charge in [0, 0.05) is 46.7 Å². The zero-order valence-corrected chi connectivity index (χ0v) is 18.9. The summed E-state index contributed by atoms with van der Waals surface area (Å²) in [5, 5.41) is 1.30. The molecule has 0 spiro atoms. The maximum absolute atomic E-state index is 14.1. The van der Waals surface area contributed by atoms with Crippen LogP contribution in [0.4, 0.5) is 0 Å². The highest BCUT2D eigenvalue weighted by Gasteiger charge is 2.31. The molecule has 2 unspecified atom stereocenters. The number of carbonyl (C=O) groups is 1. The molecule has 2 aromatic heterocycles. The van der Waals surface area contributed by atoms with Gasteiger partial charge in [-0.1, -0.05) is 71.7 Å². The van der Waals surface area contributed by atoms with E-state index in [-0.39, 0.29) is 5.78 Å². The molecule has 2 heterocycles. The Bertz CT molecular complexity index is 1090. The Hall–Kier alpha value is -3.01. The predicted molar refractivity (Wildman–Crippen MR) is 129 cm³/mol. The standard InChI is InChI=1S/C27H22Cl2N2O/c28-25-11-3-1-7-19(25)15-23(21-9-5-13-30-17-21)27(32)24(22-10-6-14-31-18-22)16-20-8-2-4-12-26(20)29/h1-14,17-18,23-24H,15-16H2. The van der Waals surface area contributed by atoms with Crippen LogP contribution in [0.15, 0.2) is 97.6 Å². The minimum Gasteiger partial charge on any atom is -0.298 e. The van der Waals surface area contributed by atoms with Crippen molar-refractivity contribution in [2.24, 2.45) is 0 Å². The van der Waals surface area contributed by atoms with Gasteiger partial charge >= 0.3 is 0 Å². The minimum atomic E-state index is -0.406. The van der Waals surface area contributed by atoms with Gasteiger partial charge in [-0.05, 0) is 59.4 Å². The summed E-state index contributed by atoms with van der Waals surface area (Å²) in [5.74, 6) is -0.724. The van der Waals surface area contributed by atoms with Crippen LogP contribution in [0.25, 0.3) is 0 Å². The van der Waals surface area contributed by atoms with Crippen molar-refractivity contribution in [2.45, 2.75) is 24.7 Å². The van der Waals surface area contributed by atoms with Crippen molar-refractivity contribution in [1.29, 1.82) is 0 Å². The van der Waals surface area contributed by atoms with Crippen LogP contribution in [0.3, 0.4) is 0 Å². The SMILES string of the molecule is O=C(C(Cc1ccccc1Cl)c1cccnc1)C(Cc1ccccc1Cl)c1cccnc1. The van der Waals surface area contributed by atoms with E-state index in [4.69, 9.17) is 23.2 Å². The molecule has 0 saturated carbocycles. The highest BCUT2D eigenvalue weighted by atomic mass is 35.5. The molecule has 0 radical (unpaired) electrons. The van der Waals surface area contributed by atoms with Gasteiger partial charge in [0.1, 0.15) is 5.78 Å². The lowest BCUT2D eigenvalue weighted by molar-refractivity contribution is -0.122. The number of nitrogens with zero attached hydrogens (tertiary/aromatic N) is 2. The van der Waals surface area contributed by atoms with Crippen LogP contribution in [-0.4, -0.2) is 15.8 Å². The monoisotopic (exact) mass is 460 g/mol. The van der Waals surface area contributed by atoms with Gasteiger partial charge in [-0.3, -0.25) is 14.8 Å². The van der Waals surface area contributed by atoms with E-state index in [1.54, 1.807) is 24.8 Å². The second-order valence-electron chi connectivity index (χ2n) is 7.67. The summed E-state index contributed by atoms with van der Waals surface area (Å²) in [6.07, 6.45) is 7.92. The van der Waals surface area contributed by atoms with Gasteiger partial charge in [0.15, 0.2) is 0 Å². The van der Waals surface area contributed by atoms with E-state index in [9.17, 15) is 4.79 Å². The molecule has 160 valence electrons. The van der Waals surface area contributed by atoms with E-state index >= 15 is 0 Å². The number of ketones is 1. The summed E-state index contributed by atoms with van der Waals surface area (Å²) < 4.78 is 0. The summed E-state index contributed by atoms with van der Waals surface area (Å²) in [6.45, 7) is 0. The average Bonchev–Trinajstić information content (AvgIpc) is 2.84. The molecule has 4 aromatic rings. The minimum absolute atomic E-state index is 0.0887. The first-order chi connectivity index (χ1) is 15.6. The second kappa shape index (κ2) is 10.5. The van der Waals surface area contributed by atoms with Crippen LogP contribution in [-0.2, 0) is 17.6 Å². The molecule has 0 saturated heterocycles. The highest BCUT2D eigenvalue weighted by Crippen LogP contribution is 2.34. The number of aromatic nitrogens is 2. The topological polar surface area (TPSA) is 42.9 Å². The lowest BCUT2D eigenvalue weighted by Crippen LogP contribution is -2.25. The molecular weight excluding hydrogens is 439 g/mol. The summed E-state index contributed by atoms with van der Waals surface area (Å²) in [7, 11) is 0. The molecule has 2 aromatic carbocycles. The summed E-state index contributed by atoms with van der Waals surface area (Å²) in [4.78, 5) is 22.7. The van der Waals surface area contributed by atoms with E-state index in [0.717, 1.165) is 22.3 Å². The highest BCUT2D eigenvalue weighted by molar-refractivity contribution is 6.31. The van der Waals surface area contributed by atoms with E-state index < -0.39 is 11.8 Å². The number of halogens is 2. The summed E-state index contributed by atoms with van der Waals surface area (Å²) in [6, 6.07) is 22.9. The Balaban J connectivity index is 1.75. The molecule has 0 aliphatic rings. The van der Waals surface area contributed by atoms with Gasteiger partial charge in [-0.25, -0.2) is 0 Å². The molecule has 5 heteroatoms. The number of pyridine rings is 2. The van der Waals surface area contributed by atoms with E-state index in [1.807, 2.05) is 72.8 Å². The van der Waals surface area contributed by atoms with Crippen LogP contribution in [0.1, 0.15) is 34.1 Å². The van der Waals surface area contributed by atoms with Gasteiger partial charge in [0.05, 0.1) is 0 Å². The molecule has 0 aliphatic heterocycles. The van der Waals surface area contributed by atoms with Crippen molar-refractivity contribution in [3.63, 3.8) is 0 Å². The number of carbonyl (C=O) groups excluding carboxylic acids is 1. The van der Waals surface area contributed by atoms with Gasteiger partial charge < -0.3 is 0 Å². The average molecular weight is 461 g/mol. The Kier molecular flexibility index (Phi) is 7.31. The zero-order chi connectivity index (χ0) is 22.3. The van der Waals surface area contributed by atoms with E-state index in [2.05, 4.69) is 9.97 Å². The molecule has 2 atom stereocenters. The molecule has 0 aliphatic carbocycles. The third kappa shape index (κ3) is 5.24. The van der Waals surface area contributed by atoms with Crippen molar-refractivity contribution in [1.82, 2.24) is 9.97 Å². The first kappa shape index (κ1) is 22.2. The molecule has 32 heavy (non-hydrogen) atoms. The van der Waals surface area contributed by atoms with E-state index in [1.165, 1.54) is 0 Å². The molecule has 3 nitrogen and oxygen atoms in total. The summed E-state index contributed by atoms with van der Waals surface area (Å²) in [5.41, 5.74) is 3.59. The fourth-order valence-corrected chi connectivity index (χ4v) is 4.37. The molecule has 0 N–H and O–H groups in total. The lowest BCUT2D eigenvalue weighted by Gasteiger charge is -2.24. The fourth-order valence-electron chi connectivity index (χ4n) is 3.94. The van der Waals surface area contributed by atoms with Crippen molar-refractivity contribution in [3.8, 4) is 0 Å². The van der Waals surface area contributed by atoms with Gasteiger partial charge in [-0.15, -0.1) is 0 Å². The fraction of sp³-hybridized carbons (Fsp3) is 0.148. The van der Waals surface area contributed by atoms with Crippen molar-refractivity contribution >= 4 is 29.0 Å². The van der Waals surface area contributed by atoms with Crippen LogP contribution < -0.4 is 0 Å². The number of Topliss-reactive ketones (excluding diaryl/α,β-unsaturated/α-hetero) is 1.